The van der Waals surface area contributed by atoms with Crippen molar-refractivity contribution >= 4 is 26.9 Å². The van der Waals surface area contributed by atoms with Gasteiger partial charge in [-0.15, -0.1) is 0 Å². The first kappa shape index (κ1) is 10.6. The molecule has 0 aliphatic heterocycles. The van der Waals surface area contributed by atoms with E-state index in [1.165, 1.54) is 0 Å². The Balaban J connectivity index is 2.67. The van der Waals surface area contributed by atoms with E-state index in [1.807, 2.05) is 32.9 Å². The van der Waals surface area contributed by atoms with E-state index >= 15 is 0 Å². The molecule has 3 heteroatoms. The second-order valence-electron chi connectivity index (χ2n) is 3.83. The van der Waals surface area contributed by atoms with Gasteiger partial charge in [0.25, 0.3) is 0 Å². The number of furan rings is 1. The van der Waals surface area contributed by atoms with E-state index in [0.29, 0.717) is 0 Å². The molecule has 0 saturated heterocycles. The molecule has 1 aromatic carbocycles. The molecule has 0 fully saturated rings. The summed E-state index contributed by atoms with van der Waals surface area (Å²) in [6, 6.07) is 3.89. The largest absolute Gasteiger partial charge is 0.489 e. The molecule has 2 rings (SSSR count). The van der Waals surface area contributed by atoms with Gasteiger partial charge in [0.2, 0.25) is 0 Å². The second-order valence-corrected chi connectivity index (χ2v) is 4.69. The zero-order valence-electron chi connectivity index (χ0n) is 9.00. The molecule has 0 bridgehead atoms. The van der Waals surface area contributed by atoms with Gasteiger partial charge in [0.1, 0.15) is 11.3 Å². The quantitative estimate of drug-likeness (QED) is 0.811. The van der Waals surface area contributed by atoms with Crippen LogP contribution in [-0.4, -0.2) is 6.10 Å². The molecule has 0 spiro atoms. The van der Waals surface area contributed by atoms with Gasteiger partial charge in [-0.05, 0) is 54.4 Å². The summed E-state index contributed by atoms with van der Waals surface area (Å²) in [6.07, 6.45) is 1.91. The normalized spacial score (nSPS) is 11.3. The van der Waals surface area contributed by atoms with Crippen molar-refractivity contribution in [2.45, 2.75) is 26.9 Å². The zero-order chi connectivity index (χ0) is 11.0. The minimum absolute atomic E-state index is 0.154. The summed E-state index contributed by atoms with van der Waals surface area (Å²) >= 11 is 3.50. The molecule has 2 nitrogen and oxygen atoms in total. The van der Waals surface area contributed by atoms with Gasteiger partial charge in [-0.1, -0.05) is 0 Å². The van der Waals surface area contributed by atoms with E-state index in [0.717, 1.165) is 26.8 Å². The number of benzene rings is 1. The van der Waals surface area contributed by atoms with Crippen LogP contribution in [0.25, 0.3) is 11.0 Å². The first-order valence-electron chi connectivity index (χ1n) is 4.92. The van der Waals surface area contributed by atoms with Crippen molar-refractivity contribution in [3.8, 4) is 5.75 Å². The average Bonchev–Trinajstić information content (AvgIpc) is 2.52. The van der Waals surface area contributed by atoms with Gasteiger partial charge >= 0.3 is 0 Å². The van der Waals surface area contributed by atoms with Crippen molar-refractivity contribution in [2.75, 3.05) is 0 Å². The first-order valence-corrected chi connectivity index (χ1v) is 5.72. The molecular formula is C12H13BrO2. The lowest BCUT2D eigenvalue weighted by molar-refractivity contribution is 0.244. The lowest BCUT2D eigenvalue weighted by Crippen LogP contribution is -2.06. The van der Waals surface area contributed by atoms with Gasteiger partial charge in [-0.2, -0.15) is 0 Å². The molecule has 0 radical (unpaired) electrons. The summed E-state index contributed by atoms with van der Waals surface area (Å²) in [6.45, 7) is 6.05. The Bertz CT molecular complexity index is 486. The predicted octanol–water partition coefficient (Wildman–Crippen LogP) is 4.29. The van der Waals surface area contributed by atoms with Crippen molar-refractivity contribution in [3.05, 3.63) is 28.4 Å². The fourth-order valence-corrected chi connectivity index (χ4v) is 2.00. The van der Waals surface area contributed by atoms with E-state index in [-0.39, 0.29) is 6.10 Å². The topological polar surface area (TPSA) is 22.4 Å². The van der Waals surface area contributed by atoms with Crippen LogP contribution in [0.4, 0.5) is 0 Å². The molecule has 0 atom stereocenters. The summed E-state index contributed by atoms with van der Waals surface area (Å²) < 4.78 is 12.2. The van der Waals surface area contributed by atoms with E-state index < -0.39 is 0 Å². The minimum Gasteiger partial charge on any atom is -0.489 e. The minimum atomic E-state index is 0.154. The fourth-order valence-electron chi connectivity index (χ4n) is 1.57. The Kier molecular flexibility index (Phi) is 2.74. The van der Waals surface area contributed by atoms with Crippen LogP contribution in [0.5, 0.6) is 5.75 Å². The monoisotopic (exact) mass is 268 g/mol. The predicted molar refractivity (Wildman–Crippen MR) is 64.4 cm³/mol. The highest BCUT2D eigenvalue weighted by molar-refractivity contribution is 9.10. The van der Waals surface area contributed by atoms with Crippen molar-refractivity contribution < 1.29 is 9.15 Å². The molecule has 0 aliphatic rings. The fraction of sp³-hybridized carbons (Fsp3) is 0.333. The maximum absolute atomic E-state index is 5.79. The lowest BCUT2D eigenvalue weighted by atomic mass is 10.2. The maximum Gasteiger partial charge on any atom is 0.145 e. The van der Waals surface area contributed by atoms with Crippen LogP contribution in [0.2, 0.25) is 0 Å². The standard InChI is InChI=1S/C12H13BrO2/c1-7(2)15-12-9(13)4-5-10-11(12)8(3)6-14-10/h4-7H,1-3H3. The van der Waals surface area contributed by atoms with Crippen molar-refractivity contribution in [1.29, 1.82) is 0 Å². The number of aryl methyl sites for hydroxylation is 1. The van der Waals surface area contributed by atoms with Gasteiger partial charge in [0.05, 0.1) is 22.2 Å². The number of ether oxygens (including phenoxy) is 1. The molecule has 0 N–H and O–H groups in total. The lowest BCUT2D eigenvalue weighted by Gasteiger charge is -2.12. The van der Waals surface area contributed by atoms with Gasteiger partial charge in [0, 0.05) is 0 Å². The van der Waals surface area contributed by atoms with Gasteiger partial charge in [0.15, 0.2) is 0 Å². The highest BCUT2D eigenvalue weighted by Crippen LogP contribution is 2.37. The van der Waals surface area contributed by atoms with E-state index in [4.69, 9.17) is 9.15 Å². The van der Waals surface area contributed by atoms with Crippen molar-refractivity contribution in [2.24, 2.45) is 0 Å². The Morgan fingerprint density at radius 3 is 2.73 bits per heavy atom. The third kappa shape index (κ3) is 1.88. The molecule has 0 aliphatic carbocycles. The molecule has 1 heterocycles. The third-order valence-corrected chi connectivity index (χ3v) is 2.81. The van der Waals surface area contributed by atoms with Crippen LogP contribution in [-0.2, 0) is 0 Å². The van der Waals surface area contributed by atoms with Crippen LogP contribution >= 0.6 is 15.9 Å². The van der Waals surface area contributed by atoms with Crippen molar-refractivity contribution in [1.82, 2.24) is 0 Å². The van der Waals surface area contributed by atoms with Crippen LogP contribution < -0.4 is 4.74 Å². The second kappa shape index (κ2) is 3.89. The summed E-state index contributed by atoms with van der Waals surface area (Å²) in [5.41, 5.74) is 1.97. The number of halogens is 1. The first-order chi connectivity index (χ1) is 7.09. The van der Waals surface area contributed by atoms with E-state index in [9.17, 15) is 0 Å². The number of hydrogen-bond acceptors (Lipinski definition) is 2. The average molecular weight is 269 g/mol. The van der Waals surface area contributed by atoms with Crippen LogP contribution in [0.15, 0.2) is 27.3 Å². The van der Waals surface area contributed by atoms with Gasteiger partial charge < -0.3 is 9.15 Å². The Hall–Kier alpha value is -0.960. The zero-order valence-corrected chi connectivity index (χ0v) is 10.6. The number of hydrogen-bond donors (Lipinski definition) is 0. The van der Waals surface area contributed by atoms with Crippen LogP contribution in [0, 0.1) is 6.92 Å². The summed E-state index contributed by atoms with van der Waals surface area (Å²) in [4.78, 5) is 0. The molecule has 15 heavy (non-hydrogen) atoms. The summed E-state index contributed by atoms with van der Waals surface area (Å²) in [5.74, 6) is 0.869. The molecular weight excluding hydrogens is 256 g/mol. The highest BCUT2D eigenvalue weighted by atomic mass is 79.9. The number of rotatable bonds is 2. The van der Waals surface area contributed by atoms with Crippen molar-refractivity contribution in [3.63, 3.8) is 0 Å². The number of fused-ring (bicyclic) bond motifs is 1. The molecule has 0 unspecified atom stereocenters. The molecule has 0 saturated carbocycles. The summed E-state index contributed by atoms with van der Waals surface area (Å²) in [7, 11) is 0. The highest BCUT2D eigenvalue weighted by Gasteiger charge is 2.13. The molecule has 80 valence electrons. The van der Waals surface area contributed by atoms with Gasteiger partial charge in [-0.3, -0.25) is 0 Å². The van der Waals surface area contributed by atoms with Crippen LogP contribution in [0.1, 0.15) is 19.4 Å². The molecule has 2 aromatic rings. The Morgan fingerprint density at radius 1 is 1.33 bits per heavy atom. The molecule has 0 amide bonds. The van der Waals surface area contributed by atoms with E-state index in [1.54, 1.807) is 6.26 Å². The Morgan fingerprint density at radius 2 is 2.07 bits per heavy atom. The van der Waals surface area contributed by atoms with Gasteiger partial charge in [-0.25, -0.2) is 0 Å². The summed E-state index contributed by atoms with van der Waals surface area (Å²) in [5, 5.41) is 1.05. The van der Waals surface area contributed by atoms with Crippen LogP contribution in [0.3, 0.4) is 0 Å². The SMILES string of the molecule is Cc1coc2ccc(Br)c(OC(C)C)c12. The maximum atomic E-state index is 5.79. The Labute approximate surface area is 97.3 Å². The third-order valence-electron chi connectivity index (χ3n) is 2.18. The molecule has 1 aromatic heterocycles. The van der Waals surface area contributed by atoms with E-state index in [2.05, 4.69) is 15.9 Å². The smallest absolute Gasteiger partial charge is 0.145 e.